The third-order valence-electron chi connectivity index (χ3n) is 3.95. The van der Waals surface area contributed by atoms with Crippen LogP contribution in [0.5, 0.6) is 0 Å². The maximum Gasteiger partial charge on any atom is 0.522 e. The first kappa shape index (κ1) is 19.3. The van der Waals surface area contributed by atoms with Crippen molar-refractivity contribution in [2.24, 2.45) is 5.41 Å². The summed E-state index contributed by atoms with van der Waals surface area (Å²) in [7, 11) is 0. The summed E-state index contributed by atoms with van der Waals surface area (Å²) in [6, 6.07) is 2.44. The lowest BCUT2D eigenvalue weighted by Crippen LogP contribution is -2.49. The molecule has 0 saturated carbocycles. The molecular formula is C15H16F5N3O2. The Labute approximate surface area is 140 Å². The number of aromatic nitrogens is 3. The van der Waals surface area contributed by atoms with Crippen LogP contribution in [0, 0.1) is 17.0 Å². The van der Waals surface area contributed by atoms with Gasteiger partial charge in [0, 0.05) is 17.0 Å². The zero-order chi connectivity index (χ0) is 18.9. The first-order chi connectivity index (χ1) is 11.4. The van der Waals surface area contributed by atoms with Gasteiger partial charge in [0.15, 0.2) is 0 Å². The van der Waals surface area contributed by atoms with Gasteiger partial charge in [-0.25, -0.2) is 18.4 Å². The SMILES string of the molecule is CC(C)(COC(F)(F)F)C(O)(Cn1cncn1)c1ccc(F)cc1F. The molecule has 1 aromatic carbocycles. The number of halogens is 5. The van der Waals surface area contributed by atoms with E-state index in [0.717, 1.165) is 23.1 Å². The normalized spacial score (nSPS) is 15.2. The van der Waals surface area contributed by atoms with Crippen LogP contribution in [0.25, 0.3) is 0 Å². The fourth-order valence-electron chi connectivity index (χ4n) is 2.42. The van der Waals surface area contributed by atoms with Gasteiger partial charge in [-0.3, -0.25) is 4.74 Å². The third kappa shape index (κ3) is 4.31. The molecule has 0 aliphatic heterocycles. The average Bonchev–Trinajstić information content (AvgIpc) is 2.97. The molecule has 138 valence electrons. The van der Waals surface area contributed by atoms with Gasteiger partial charge < -0.3 is 5.11 Å². The van der Waals surface area contributed by atoms with Crippen molar-refractivity contribution in [3.8, 4) is 0 Å². The number of benzene rings is 1. The number of alkyl halides is 3. The molecule has 5 nitrogen and oxygen atoms in total. The Hall–Kier alpha value is -2.07. The summed E-state index contributed by atoms with van der Waals surface area (Å²) in [4.78, 5) is 3.68. The molecule has 0 radical (unpaired) electrons. The topological polar surface area (TPSA) is 60.2 Å². The molecule has 1 heterocycles. The summed E-state index contributed by atoms with van der Waals surface area (Å²) < 4.78 is 69.7. The minimum atomic E-state index is -4.92. The van der Waals surface area contributed by atoms with Crippen molar-refractivity contribution in [3.05, 3.63) is 48.1 Å². The third-order valence-corrected chi connectivity index (χ3v) is 3.95. The Morgan fingerprint density at radius 3 is 2.40 bits per heavy atom. The van der Waals surface area contributed by atoms with Crippen LogP contribution in [0.1, 0.15) is 19.4 Å². The molecule has 1 atom stereocenters. The lowest BCUT2D eigenvalue weighted by molar-refractivity contribution is -0.339. The highest BCUT2D eigenvalue weighted by atomic mass is 19.4. The highest BCUT2D eigenvalue weighted by molar-refractivity contribution is 5.27. The molecule has 0 aliphatic rings. The van der Waals surface area contributed by atoms with E-state index >= 15 is 0 Å². The van der Waals surface area contributed by atoms with Gasteiger partial charge >= 0.3 is 6.36 Å². The van der Waals surface area contributed by atoms with Crippen molar-refractivity contribution in [3.63, 3.8) is 0 Å². The molecule has 0 amide bonds. The summed E-state index contributed by atoms with van der Waals surface area (Å²) in [5.74, 6) is -1.98. The molecule has 25 heavy (non-hydrogen) atoms. The van der Waals surface area contributed by atoms with Crippen LogP contribution >= 0.6 is 0 Å². The van der Waals surface area contributed by atoms with Crippen LogP contribution in [0.2, 0.25) is 0 Å². The fourth-order valence-corrected chi connectivity index (χ4v) is 2.42. The molecular weight excluding hydrogens is 349 g/mol. The van der Waals surface area contributed by atoms with Crippen LogP contribution in [0.4, 0.5) is 22.0 Å². The Kier molecular flexibility index (Phi) is 5.14. The van der Waals surface area contributed by atoms with E-state index < -0.39 is 42.2 Å². The number of rotatable bonds is 6. The first-order valence-electron chi connectivity index (χ1n) is 7.16. The molecule has 1 aromatic heterocycles. The van der Waals surface area contributed by atoms with Gasteiger partial charge in [0.1, 0.15) is 29.9 Å². The van der Waals surface area contributed by atoms with E-state index in [4.69, 9.17) is 0 Å². The monoisotopic (exact) mass is 365 g/mol. The smallest absolute Gasteiger partial charge is 0.382 e. The van der Waals surface area contributed by atoms with E-state index in [9.17, 15) is 27.1 Å². The second-order valence-corrected chi connectivity index (χ2v) is 6.20. The van der Waals surface area contributed by atoms with Crippen LogP contribution in [0.3, 0.4) is 0 Å². The van der Waals surface area contributed by atoms with Gasteiger partial charge in [-0.2, -0.15) is 5.10 Å². The standard InChI is InChI=1S/C15H16F5N3O2/c1-13(2,7-25-15(18,19)20)14(24,6-23-9-21-8-22-23)11-4-3-10(16)5-12(11)17/h3-5,8-9,24H,6-7H2,1-2H3. The molecule has 0 aliphatic carbocycles. The second-order valence-electron chi connectivity index (χ2n) is 6.20. The number of nitrogens with zero attached hydrogens (tertiary/aromatic N) is 3. The molecule has 1 unspecified atom stereocenters. The predicted octanol–water partition coefficient (Wildman–Crippen LogP) is 3.01. The van der Waals surface area contributed by atoms with Gasteiger partial charge in [0.25, 0.3) is 0 Å². The second kappa shape index (κ2) is 6.68. The fraction of sp³-hybridized carbons (Fsp3) is 0.467. The van der Waals surface area contributed by atoms with Gasteiger partial charge in [-0.05, 0) is 6.07 Å². The number of hydrogen-bond donors (Lipinski definition) is 1. The van der Waals surface area contributed by atoms with Crippen LogP contribution in [-0.2, 0) is 16.9 Å². The summed E-state index contributed by atoms with van der Waals surface area (Å²) in [5.41, 5.74) is -4.18. The van der Waals surface area contributed by atoms with Crippen LogP contribution in [-0.4, -0.2) is 32.8 Å². The van der Waals surface area contributed by atoms with Crippen molar-refractivity contribution < 1.29 is 31.8 Å². The maximum absolute atomic E-state index is 14.3. The van der Waals surface area contributed by atoms with Gasteiger partial charge in [-0.15, -0.1) is 13.2 Å². The van der Waals surface area contributed by atoms with E-state index in [1.54, 1.807) is 0 Å². The van der Waals surface area contributed by atoms with Gasteiger partial charge in [-0.1, -0.05) is 19.9 Å². The molecule has 10 heteroatoms. The molecule has 0 saturated heterocycles. The van der Waals surface area contributed by atoms with Crippen LogP contribution < -0.4 is 0 Å². The summed E-state index contributed by atoms with van der Waals surface area (Å²) in [5, 5.41) is 14.9. The minimum Gasteiger partial charge on any atom is -0.382 e. The highest BCUT2D eigenvalue weighted by Gasteiger charge is 2.49. The Morgan fingerprint density at radius 1 is 1.20 bits per heavy atom. The van der Waals surface area contributed by atoms with E-state index in [1.165, 1.54) is 20.2 Å². The van der Waals surface area contributed by atoms with Crippen LogP contribution in [0.15, 0.2) is 30.9 Å². The summed E-state index contributed by atoms with van der Waals surface area (Å²) in [6.45, 7) is 1.18. The molecule has 0 fully saturated rings. The Bertz CT molecular complexity index is 718. The van der Waals surface area contributed by atoms with Crippen molar-refractivity contribution in [1.29, 1.82) is 0 Å². The lowest BCUT2D eigenvalue weighted by atomic mass is 9.71. The number of hydrogen-bond acceptors (Lipinski definition) is 4. The van der Waals surface area contributed by atoms with E-state index in [-0.39, 0.29) is 5.56 Å². The summed E-state index contributed by atoms with van der Waals surface area (Å²) in [6.07, 6.45) is -2.56. The largest absolute Gasteiger partial charge is 0.522 e. The van der Waals surface area contributed by atoms with Crippen molar-refractivity contribution >= 4 is 0 Å². The molecule has 1 N–H and O–H groups in total. The zero-order valence-corrected chi connectivity index (χ0v) is 13.4. The first-order valence-corrected chi connectivity index (χ1v) is 7.16. The lowest BCUT2D eigenvalue weighted by Gasteiger charge is -2.42. The molecule has 2 rings (SSSR count). The van der Waals surface area contributed by atoms with Crippen molar-refractivity contribution in [2.75, 3.05) is 6.61 Å². The Morgan fingerprint density at radius 2 is 1.88 bits per heavy atom. The zero-order valence-electron chi connectivity index (χ0n) is 13.4. The number of ether oxygens (including phenoxy) is 1. The maximum atomic E-state index is 14.3. The highest BCUT2D eigenvalue weighted by Crippen LogP contribution is 2.43. The summed E-state index contributed by atoms with van der Waals surface area (Å²) >= 11 is 0. The molecule has 0 bridgehead atoms. The quantitative estimate of drug-likeness (QED) is 0.800. The van der Waals surface area contributed by atoms with Crippen molar-refractivity contribution in [2.45, 2.75) is 32.4 Å². The van der Waals surface area contributed by atoms with E-state index in [0.29, 0.717) is 6.07 Å². The van der Waals surface area contributed by atoms with Gasteiger partial charge in [0.2, 0.25) is 0 Å². The van der Waals surface area contributed by atoms with E-state index in [2.05, 4.69) is 14.8 Å². The predicted molar refractivity (Wildman–Crippen MR) is 76.1 cm³/mol. The van der Waals surface area contributed by atoms with Gasteiger partial charge in [0.05, 0.1) is 13.2 Å². The minimum absolute atomic E-state index is 0.375. The number of aliphatic hydroxyl groups is 1. The molecule has 0 spiro atoms. The van der Waals surface area contributed by atoms with E-state index in [1.807, 2.05) is 0 Å². The van der Waals surface area contributed by atoms with Crippen molar-refractivity contribution in [1.82, 2.24) is 14.8 Å². The molecule has 2 aromatic rings. The Balaban J connectivity index is 2.47. The average molecular weight is 365 g/mol.